The van der Waals surface area contributed by atoms with Crippen LogP contribution in [0.1, 0.15) is 16.4 Å². The molecule has 0 saturated carbocycles. The summed E-state index contributed by atoms with van der Waals surface area (Å²) in [6, 6.07) is 18.4. The zero-order valence-electron chi connectivity index (χ0n) is 11.6. The first kappa shape index (κ1) is 14.2. The van der Waals surface area contributed by atoms with Gasteiger partial charge in [-0.1, -0.05) is 54.3 Å². The molecule has 0 radical (unpaired) electrons. The maximum absolute atomic E-state index is 5.39. The van der Waals surface area contributed by atoms with Gasteiger partial charge in [0.15, 0.2) is 0 Å². The van der Waals surface area contributed by atoms with Crippen molar-refractivity contribution in [3.8, 4) is 5.75 Å². The molecule has 21 heavy (non-hydrogen) atoms. The minimum absolute atomic E-state index is 0.247. The Hall–Kier alpha value is -1.78. The van der Waals surface area contributed by atoms with Crippen molar-refractivity contribution in [1.29, 1.82) is 0 Å². The zero-order valence-corrected chi connectivity index (χ0v) is 13.2. The SMILES string of the molecule is COc1ccc(C2=C[C@@H](c3ccccc3)SC(=S)N2)cc1. The molecule has 0 bridgehead atoms. The molecule has 2 nitrogen and oxygen atoms in total. The second-order valence-corrected chi connectivity index (χ2v) is 6.49. The van der Waals surface area contributed by atoms with Crippen molar-refractivity contribution in [2.45, 2.75) is 5.25 Å². The van der Waals surface area contributed by atoms with Gasteiger partial charge in [0.1, 0.15) is 10.1 Å². The predicted molar refractivity (Wildman–Crippen MR) is 93.5 cm³/mol. The lowest BCUT2D eigenvalue weighted by atomic mass is 10.1. The number of ether oxygens (including phenoxy) is 1. The predicted octanol–water partition coefficient (Wildman–Crippen LogP) is 4.40. The first-order chi connectivity index (χ1) is 10.3. The molecule has 0 saturated heterocycles. The van der Waals surface area contributed by atoms with Gasteiger partial charge in [-0.2, -0.15) is 0 Å². The standard InChI is InChI=1S/C17H15NOS2/c1-19-14-9-7-12(8-10-14)15-11-16(21-17(20)18-15)13-5-3-2-4-6-13/h2-11,16H,1H3,(H,18,20)/t16-/m0/s1. The van der Waals surface area contributed by atoms with Crippen molar-refractivity contribution in [3.63, 3.8) is 0 Å². The molecule has 0 spiro atoms. The number of methoxy groups -OCH3 is 1. The van der Waals surface area contributed by atoms with Gasteiger partial charge in [-0.05, 0) is 41.5 Å². The summed E-state index contributed by atoms with van der Waals surface area (Å²) < 4.78 is 6.00. The summed E-state index contributed by atoms with van der Waals surface area (Å²) in [6.45, 7) is 0. The summed E-state index contributed by atoms with van der Waals surface area (Å²) in [4.78, 5) is 0. The van der Waals surface area contributed by atoms with E-state index >= 15 is 0 Å². The molecular weight excluding hydrogens is 298 g/mol. The van der Waals surface area contributed by atoms with Gasteiger partial charge in [0.05, 0.1) is 12.4 Å². The highest BCUT2D eigenvalue weighted by atomic mass is 32.2. The number of hydrogen-bond acceptors (Lipinski definition) is 3. The molecule has 0 fully saturated rings. The molecule has 1 aliphatic rings. The third-order valence-corrected chi connectivity index (χ3v) is 4.69. The van der Waals surface area contributed by atoms with Crippen LogP contribution in [-0.2, 0) is 0 Å². The molecule has 3 rings (SSSR count). The Bertz CT molecular complexity index is 665. The monoisotopic (exact) mass is 313 g/mol. The Morgan fingerprint density at radius 2 is 1.76 bits per heavy atom. The van der Waals surface area contributed by atoms with E-state index in [0.29, 0.717) is 0 Å². The molecule has 1 atom stereocenters. The van der Waals surface area contributed by atoms with Crippen molar-refractivity contribution in [2.24, 2.45) is 0 Å². The van der Waals surface area contributed by atoms with Gasteiger partial charge < -0.3 is 10.1 Å². The number of hydrogen-bond donors (Lipinski definition) is 1. The van der Waals surface area contributed by atoms with E-state index in [9.17, 15) is 0 Å². The zero-order chi connectivity index (χ0) is 14.7. The molecule has 1 heterocycles. The van der Waals surface area contributed by atoms with Crippen LogP contribution >= 0.6 is 24.0 Å². The van der Waals surface area contributed by atoms with Crippen molar-refractivity contribution in [2.75, 3.05) is 7.11 Å². The lowest BCUT2D eigenvalue weighted by Crippen LogP contribution is -2.22. The molecule has 0 aromatic heterocycles. The summed E-state index contributed by atoms with van der Waals surface area (Å²) in [5.41, 5.74) is 3.42. The highest BCUT2D eigenvalue weighted by Crippen LogP contribution is 2.37. The van der Waals surface area contributed by atoms with E-state index in [4.69, 9.17) is 17.0 Å². The van der Waals surface area contributed by atoms with E-state index in [-0.39, 0.29) is 5.25 Å². The molecule has 1 N–H and O–H groups in total. The van der Waals surface area contributed by atoms with Crippen LogP contribution in [0.25, 0.3) is 5.70 Å². The van der Waals surface area contributed by atoms with E-state index in [1.165, 1.54) is 5.56 Å². The normalized spacial score (nSPS) is 17.9. The number of thiocarbonyl (C=S) groups is 1. The Labute approximate surface area is 134 Å². The molecule has 0 amide bonds. The van der Waals surface area contributed by atoms with E-state index in [1.807, 2.05) is 30.3 Å². The third-order valence-electron chi connectivity index (χ3n) is 3.32. The summed E-state index contributed by atoms with van der Waals surface area (Å²) in [5.74, 6) is 0.853. The van der Waals surface area contributed by atoms with Gasteiger partial charge in [0.25, 0.3) is 0 Å². The fourth-order valence-electron chi connectivity index (χ4n) is 2.23. The number of benzene rings is 2. The van der Waals surface area contributed by atoms with Gasteiger partial charge in [-0.25, -0.2) is 0 Å². The minimum Gasteiger partial charge on any atom is -0.497 e. The number of nitrogens with one attached hydrogen (secondary N) is 1. The Balaban J connectivity index is 1.92. The van der Waals surface area contributed by atoms with Crippen LogP contribution in [0.15, 0.2) is 60.7 Å². The molecule has 4 heteroatoms. The molecule has 0 aliphatic carbocycles. The first-order valence-corrected chi connectivity index (χ1v) is 7.94. The Morgan fingerprint density at radius 3 is 2.43 bits per heavy atom. The lowest BCUT2D eigenvalue weighted by molar-refractivity contribution is 0.415. The molecule has 0 unspecified atom stereocenters. The van der Waals surface area contributed by atoms with Gasteiger partial charge in [-0.15, -0.1) is 0 Å². The molecule has 2 aromatic carbocycles. The van der Waals surface area contributed by atoms with Crippen molar-refractivity contribution < 1.29 is 4.74 Å². The second-order valence-electron chi connectivity index (χ2n) is 4.67. The first-order valence-electron chi connectivity index (χ1n) is 6.65. The van der Waals surface area contributed by atoms with E-state index in [1.54, 1.807) is 18.9 Å². The van der Waals surface area contributed by atoms with E-state index < -0.39 is 0 Å². The lowest BCUT2D eigenvalue weighted by Gasteiger charge is -2.23. The van der Waals surface area contributed by atoms with Crippen LogP contribution in [0, 0.1) is 0 Å². The molecule has 1 aliphatic heterocycles. The average Bonchev–Trinajstić information content (AvgIpc) is 2.55. The summed E-state index contributed by atoms with van der Waals surface area (Å²) in [6.07, 6.45) is 2.22. The Morgan fingerprint density at radius 1 is 1.05 bits per heavy atom. The third kappa shape index (κ3) is 3.28. The largest absolute Gasteiger partial charge is 0.497 e. The summed E-state index contributed by atoms with van der Waals surface area (Å²) >= 11 is 7.06. The van der Waals surface area contributed by atoms with Crippen molar-refractivity contribution >= 4 is 34.0 Å². The topological polar surface area (TPSA) is 21.3 Å². The highest BCUT2D eigenvalue weighted by molar-refractivity contribution is 8.23. The van der Waals surface area contributed by atoms with Gasteiger partial charge in [-0.3, -0.25) is 0 Å². The molecular formula is C17H15NOS2. The smallest absolute Gasteiger partial charge is 0.139 e. The average molecular weight is 313 g/mol. The number of rotatable bonds is 3. The molecule has 2 aromatic rings. The molecule has 106 valence electrons. The fourth-order valence-corrected chi connectivity index (χ4v) is 3.55. The maximum atomic E-state index is 5.39. The summed E-state index contributed by atoms with van der Waals surface area (Å²) in [7, 11) is 1.67. The van der Waals surface area contributed by atoms with Gasteiger partial charge in [0, 0.05) is 5.70 Å². The number of thioether (sulfide) groups is 1. The van der Waals surface area contributed by atoms with Crippen molar-refractivity contribution in [3.05, 3.63) is 71.8 Å². The van der Waals surface area contributed by atoms with E-state index in [0.717, 1.165) is 21.3 Å². The van der Waals surface area contributed by atoms with Gasteiger partial charge >= 0.3 is 0 Å². The van der Waals surface area contributed by atoms with E-state index in [2.05, 4.69) is 35.7 Å². The summed E-state index contributed by atoms with van der Waals surface area (Å²) in [5, 5.41) is 3.53. The quantitative estimate of drug-likeness (QED) is 0.848. The maximum Gasteiger partial charge on any atom is 0.139 e. The van der Waals surface area contributed by atoms with Gasteiger partial charge in [0.2, 0.25) is 0 Å². The van der Waals surface area contributed by atoms with Crippen LogP contribution in [0.2, 0.25) is 0 Å². The van der Waals surface area contributed by atoms with Crippen LogP contribution in [0.4, 0.5) is 0 Å². The highest BCUT2D eigenvalue weighted by Gasteiger charge is 2.20. The van der Waals surface area contributed by atoms with Crippen LogP contribution in [0.5, 0.6) is 5.75 Å². The Kier molecular flexibility index (Phi) is 4.27. The van der Waals surface area contributed by atoms with Crippen LogP contribution in [0.3, 0.4) is 0 Å². The van der Waals surface area contributed by atoms with Crippen LogP contribution in [-0.4, -0.2) is 11.4 Å². The van der Waals surface area contributed by atoms with Crippen molar-refractivity contribution in [1.82, 2.24) is 5.32 Å². The minimum atomic E-state index is 0.247. The fraction of sp³-hybridized carbons (Fsp3) is 0.118. The van der Waals surface area contributed by atoms with Crippen LogP contribution < -0.4 is 10.1 Å². The second kappa shape index (κ2) is 6.33.